The van der Waals surface area contributed by atoms with E-state index in [2.05, 4.69) is 23.8 Å². The van der Waals surface area contributed by atoms with Gasteiger partial charge in [0.05, 0.1) is 17.6 Å². The number of pyridine rings is 1. The van der Waals surface area contributed by atoms with Gasteiger partial charge in [-0.3, -0.25) is 4.79 Å². The molecule has 0 unspecified atom stereocenters. The fourth-order valence-electron chi connectivity index (χ4n) is 3.21. The van der Waals surface area contributed by atoms with Crippen LogP contribution in [-0.4, -0.2) is 27.8 Å². The summed E-state index contributed by atoms with van der Waals surface area (Å²) in [4.78, 5) is 23.7. The zero-order valence-corrected chi connectivity index (χ0v) is 17.6. The third-order valence-electron chi connectivity index (χ3n) is 4.66. The van der Waals surface area contributed by atoms with Gasteiger partial charge in [0.2, 0.25) is 0 Å². The molecule has 0 aliphatic rings. The summed E-state index contributed by atoms with van der Waals surface area (Å²) in [6.07, 6.45) is 1.42. The first-order chi connectivity index (χ1) is 14.5. The highest BCUT2D eigenvalue weighted by atomic mass is 35.5. The van der Waals surface area contributed by atoms with E-state index < -0.39 is 0 Å². The molecule has 0 fully saturated rings. The number of hydrogen-bond acceptors (Lipinski definition) is 4. The van der Waals surface area contributed by atoms with Gasteiger partial charge in [-0.25, -0.2) is 9.97 Å². The first-order valence-corrected chi connectivity index (χ1v) is 10.2. The molecule has 2 aromatic heterocycles. The van der Waals surface area contributed by atoms with E-state index in [9.17, 15) is 4.79 Å². The number of aromatic nitrogens is 3. The number of aldehydes is 1. The van der Waals surface area contributed by atoms with Gasteiger partial charge in [0.25, 0.3) is 0 Å². The van der Waals surface area contributed by atoms with E-state index in [0.717, 1.165) is 40.0 Å². The molecule has 0 atom stereocenters. The summed E-state index contributed by atoms with van der Waals surface area (Å²) in [6, 6.07) is 16.9. The van der Waals surface area contributed by atoms with Crippen molar-refractivity contribution in [3.05, 3.63) is 76.4 Å². The summed E-state index contributed by atoms with van der Waals surface area (Å²) >= 11 is 6.23. The van der Waals surface area contributed by atoms with Crippen LogP contribution in [0.5, 0.6) is 5.75 Å². The maximum absolute atomic E-state index is 11.0. The molecule has 2 heterocycles. The average molecular weight is 420 g/mol. The Morgan fingerprint density at radius 1 is 1.10 bits per heavy atom. The highest BCUT2D eigenvalue weighted by Crippen LogP contribution is 2.27. The van der Waals surface area contributed by atoms with E-state index in [1.165, 1.54) is 0 Å². The topological polar surface area (TPSA) is 67.9 Å². The fraction of sp³-hybridized carbons (Fsp3) is 0.208. The van der Waals surface area contributed by atoms with Gasteiger partial charge in [-0.1, -0.05) is 31.5 Å². The largest absolute Gasteiger partial charge is 0.493 e. The number of carbonyl (C=O) groups is 1. The van der Waals surface area contributed by atoms with Crippen molar-refractivity contribution < 1.29 is 9.53 Å². The zero-order chi connectivity index (χ0) is 21.1. The summed E-state index contributed by atoms with van der Waals surface area (Å²) in [5.74, 6) is 1.92. The fourth-order valence-corrected chi connectivity index (χ4v) is 3.41. The first kappa shape index (κ1) is 20.1. The summed E-state index contributed by atoms with van der Waals surface area (Å²) in [5.41, 5.74) is 4.83. The van der Waals surface area contributed by atoms with Crippen LogP contribution in [0.25, 0.3) is 22.6 Å². The Balaban J connectivity index is 1.63. The standard InChI is InChI=1S/C24H22ClN3O2/c1-15(2)14-30-23-9-7-18(25)11-17(23)12-19-4-3-5-21(26-19)24-27-20-8-6-16(13-29)10-22(20)28-24/h3-11,13,15H,12,14H2,1-2H3,(H,27,28). The molecule has 2 aromatic carbocycles. The molecule has 5 nitrogen and oxygen atoms in total. The Morgan fingerprint density at radius 3 is 2.77 bits per heavy atom. The van der Waals surface area contributed by atoms with Crippen LogP contribution in [0, 0.1) is 5.92 Å². The third-order valence-corrected chi connectivity index (χ3v) is 4.89. The predicted octanol–water partition coefficient (Wildman–Crippen LogP) is 5.72. The van der Waals surface area contributed by atoms with Gasteiger partial charge in [-0.15, -0.1) is 0 Å². The third kappa shape index (κ3) is 4.52. The predicted molar refractivity (Wildman–Crippen MR) is 119 cm³/mol. The number of H-pyrrole nitrogens is 1. The lowest BCUT2D eigenvalue weighted by molar-refractivity contribution is 0.112. The molecule has 0 aliphatic carbocycles. The Bertz CT molecular complexity index is 1200. The lowest BCUT2D eigenvalue weighted by Gasteiger charge is -2.13. The SMILES string of the molecule is CC(C)COc1ccc(Cl)cc1Cc1cccc(-c2nc3ccc(C=O)cc3[nH]2)n1. The van der Waals surface area contributed by atoms with Crippen LogP contribution in [0.3, 0.4) is 0 Å². The van der Waals surface area contributed by atoms with E-state index in [-0.39, 0.29) is 0 Å². The van der Waals surface area contributed by atoms with Crippen LogP contribution in [0.1, 0.15) is 35.5 Å². The highest BCUT2D eigenvalue weighted by Gasteiger charge is 2.11. The number of imidazole rings is 1. The van der Waals surface area contributed by atoms with Crippen molar-refractivity contribution in [1.82, 2.24) is 15.0 Å². The van der Waals surface area contributed by atoms with Crippen molar-refractivity contribution in [3.8, 4) is 17.3 Å². The van der Waals surface area contributed by atoms with E-state index in [4.69, 9.17) is 21.3 Å². The molecule has 152 valence electrons. The Kier molecular flexibility index (Phi) is 5.81. The van der Waals surface area contributed by atoms with Crippen molar-refractivity contribution in [2.45, 2.75) is 20.3 Å². The smallest absolute Gasteiger partial charge is 0.157 e. The molecule has 0 bridgehead atoms. The van der Waals surface area contributed by atoms with E-state index in [0.29, 0.717) is 35.4 Å². The number of fused-ring (bicyclic) bond motifs is 1. The van der Waals surface area contributed by atoms with Gasteiger partial charge in [0, 0.05) is 28.3 Å². The number of carbonyl (C=O) groups excluding carboxylic acids is 1. The molecular weight excluding hydrogens is 398 g/mol. The first-order valence-electron chi connectivity index (χ1n) is 9.84. The van der Waals surface area contributed by atoms with Crippen molar-refractivity contribution in [2.75, 3.05) is 6.61 Å². The molecule has 4 rings (SSSR count). The lowest BCUT2D eigenvalue weighted by Crippen LogP contribution is -2.06. The van der Waals surface area contributed by atoms with Crippen LogP contribution >= 0.6 is 11.6 Å². The molecule has 30 heavy (non-hydrogen) atoms. The number of halogens is 1. The highest BCUT2D eigenvalue weighted by molar-refractivity contribution is 6.30. The number of ether oxygens (including phenoxy) is 1. The van der Waals surface area contributed by atoms with Crippen LogP contribution in [-0.2, 0) is 6.42 Å². The number of hydrogen-bond donors (Lipinski definition) is 1. The summed E-state index contributed by atoms with van der Waals surface area (Å²) < 4.78 is 5.97. The van der Waals surface area contributed by atoms with Crippen LogP contribution in [0.4, 0.5) is 0 Å². The van der Waals surface area contributed by atoms with Crippen molar-refractivity contribution >= 4 is 28.9 Å². The van der Waals surface area contributed by atoms with Crippen molar-refractivity contribution in [3.63, 3.8) is 0 Å². The Morgan fingerprint density at radius 2 is 1.97 bits per heavy atom. The zero-order valence-electron chi connectivity index (χ0n) is 16.9. The second-order valence-corrected chi connectivity index (χ2v) is 8.06. The summed E-state index contributed by atoms with van der Waals surface area (Å²) in [5, 5.41) is 0.668. The molecule has 0 saturated heterocycles. The molecule has 0 amide bonds. The number of nitrogens with zero attached hydrogens (tertiary/aromatic N) is 2. The van der Waals surface area contributed by atoms with Crippen LogP contribution in [0.15, 0.2) is 54.6 Å². The maximum atomic E-state index is 11.0. The van der Waals surface area contributed by atoms with Crippen molar-refractivity contribution in [2.24, 2.45) is 5.92 Å². The summed E-state index contributed by atoms with van der Waals surface area (Å²) in [7, 11) is 0. The van der Waals surface area contributed by atoms with E-state index in [1.54, 1.807) is 12.1 Å². The van der Waals surface area contributed by atoms with Crippen LogP contribution < -0.4 is 4.74 Å². The van der Waals surface area contributed by atoms with Crippen molar-refractivity contribution in [1.29, 1.82) is 0 Å². The van der Waals surface area contributed by atoms with E-state index in [1.807, 2.05) is 42.5 Å². The van der Waals surface area contributed by atoms with E-state index >= 15 is 0 Å². The average Bonchev–Trinajstić information content (AvgIpc) is 3.16. The van der Waals surface area contributed by atoms with Gasteiger partial charge in [0.15, 0.2) is 5.82 Å². The number of nitrogens with one attached hydrogen (secondary N) is 1. The molecule has 4 aromatic rings. The quantitative estimate of drug-likeness (QED) is 0.389. The molecule has 0 radical (unpaired) electrons. The molecular formula is C24H22ClN3O2. The van der Waals surface area contributed by atoms with Gasteiger partial charge in [0.1, 0.15) is 17.7 Å². The monoisotopic (exact) mass is 419 g/mol. The van der Waals surface area contributed by atoms with Gasteiger partial charge in [-0.05, 0) is 54.4 Å². The number of benzene rings is 2. The molecule has 0 spiro atoms. The van der Waals surface area contributed by atoms with Crippen LogP contribution in [0.2, 0.25) is 5.02 Å². The molecule has 6 heteroatoms. The second kappa shape index (κ2) is 8.67. The minimum atomic E-state index is 0.433. The van der Waals surface area contributed by atoms with Gasteiger partial charge in [-0.2, -0.15) is 0 Å². The number of aromatic amines is 1. The Labute approximate surface area is 180 Å². The number of rotatable bonds is 7. The minimum absolute atomic E-state index is 0.433. The lowest BCUT2D eigenvalue weighted by atomic mass is 10.1. The normalized spacial score (nSPS) is 11.2. The molecule has 0 saturated carbocycles. The van der Waals surface area contributed by atoms with Gasteiger partial charge < -0.3 is 9.72 Å². The second-order valence-electron chi connectivity index (χ2n) is 7.63. The molecule has 1 N–H and O–H groups in total. The Hall–Kier alpha value is -3.18. The maximum Gasteiger partial charge on any atom is 0.157 e. The van der Waals surface area contributed by atoms with Gasteiger partial charge >= 0.3 is 0 Å². The molecule has 0 aliphatic heterocycles. The summed E-state index contributed by atoms with van der Waals surface area (Å²) in [6.45, 7) is 4.88. The minimum Gasteiger partial charge on any atom is -0.493 e.